The summed E-state index contributed by atoms with van der Waals surface area (Å²) in [4.78, 5) is 12.9. The highest BCUT2D eigenvalue weighted by Gasteiger charge is 2.20. The lowest BCUT2D eigenvalue weighted by molar-refractivity contribution is 0.0943. The molecule has 33 heavy (non-hydrogen) atoms. The van der Waals surface area contributed by atoms with Crippen LogP contribution >= 0.6 is 0 Å². The van der Waals surface area contributed by atoms with Gasteiger partial charge in [0.1, 0.15) is 10.6 Å². The molecule has 0 saturated carbocycles. The maximum absolute atomic E-state index is 12.8. The van der Waals surface area contributed by atoms with Crippen LogP contribution in [0.1, 0.15) is 21.6 Å². The Hall–Kier alpha value is -3.69. The minimum absolute atomic E-state index is 0.0401. The molecular weight excluding hydrogens is 438 g/mol. The summed E-state index contributed by atoms with van der Waals surface area (Å²) in [5, 5.41) is 7.66. The van der Waals surface area contributed by atoms with Crippen molar-refractivity contribution in [2.45, 2.75) is 18.0 Å². The van der Waals surface area contributed by atoms with Crippen LogP contribution in [0.15, 0.2) is 84.0 Å². The zero-order chi connectivity index (χ0) is 23.4. The van der Waals surface area contributed by atoms with Crippen LogP contribution in [0.5, 0.6) is 0 Å². The normalized spacial score (nSPS) is 11.5. The second-order valence-corrected chi connectivity index (χ2v) is 9.50. The molecule has 4 aromatic rings. The minimum Gasteiger partial charge on any atom is -0.347 e. The maximum Gasteiger partial charge on any atom is 0.268 e. The fourth-order valence-corrected chi connectivity index (χ4v) is 4.37. The summed E-state index contributed by atoms with van der Waals surface area (Å²) in [7, 11) is -0.664. The molecule has 0 aliphatic carbocycles. The monoisotopic (exact) mass is 463 g/mol. The number of rotatable bonds is 8. The number of hydrogen-bond donors (Lipinski definition) is 2. The van der Waals surface area contributed by atoms with Crippen molar-refractivity contribution in [3.8, 4) is 11.3 Å². The highest BCUT2D eigenvalue weighted by Crippen LogP contribution is 2.23. The van der Waals surface area contributed by atoms with Crippen molar-refractivity contribution < 1.29 is 13.2 Å². The summed E-state index contributed by atoms with van der Waals surface area (Å²) in [6.07, 6.45) is 3.34. The van der Waals surface area contributed by atoms with E-state index >= 15 is 0 Å². The zero-order valence-electron chi connectivity index (χ0n) is 18.4. The number of nitrogens with zero attached hydrogens (tertiary/aromatic N) is 3. The molecule has 4 rings (SSSR count). The van der Waals surface area contributed by atoms with E-state index in [1.165, 1.54) is 23.9 Å². The van der Waals surface area contributed by atoms with Gasteiger partial charge in [-0.15, -0.1) is 0 Å². The molecule has 2 heterocycles. The lowest BCUT2D eigenvalue weighted by Gasteiger charge is -2.06. The van der Waals surface area contributed by atoms with Crippen molar-refractivity contribution in [3.63, 3.8) is 0 Å². The topological polar surface area (TPSA) is 98.0 Å². The summed E-state index contributed by atoms with van der Waals surface area (Å²) in [5.41, 5.74) is 3.98. The highest BCUT2D eigenvalue weighted by molar-refractivity contribution is 7.89. The fraction of sp³-hybridized carbons (Fsp3) is 0.167. The molecule has 0 saturated heterocycles. The lowest BCUT2D eigenvalue weighted by atomic mass is 10.1. The molecule has 0 atom stereocenters. The average Bonchev–Trinajstić information content (AvgIpc) is 3.42. The van der Waals surface area contributed by atoms with Gasteiger partial charge in [-0.1, -0.05) is 60.7 Å². The minimum atomic E-state index is -3.63. The van der Waals surface area contributed by atoms with E-state index in [4.69, 9.17) is 5.10 Å². The molecule has 0 unspecified atom stereocenters. The standard InChI is InChI=1S/C24H25N5O3S/c1-25-33(31,32)21-13-22(28(2)17-21)24(30)26-14-20-16-29(15-18-9-5-3-6-10-18)27-23(20)19-11-7-4-8-12-19/h3-13,16-17,25H,14-15H2,1-2H3,(H,26,30). The van der Waals surface area contributed by atoms with Crippen molar-refractivity contribution in [2.75, 3.05) is 7.05 Å². The van der Waals surface area contributed by atoms with Gasteiger partial charge in [0.25, 0.3) is 5.91 Å². The van der Waals surface area contributed by atoms with Crippen LogP contribution in [0.25, 0.3) is 11.3 Å². The van der Waals surface area contributed by atoms with Crippen LogP contribution in [0, 0.1) is 0 Å². The van der Waals surface area contributed by atoms with Gasteiger partial charge in [0.05, 0.1) is 12.2 Å². The number of benzene rings is 2. The van der Waals surface area contributed by atoms with Gasteiger partial charge in [-0.3, -0.25) is 9.48 Å². The van der Waals surface area contributed by atoms with Gasteiger partial charge in [0.2, 0.25) is 10.0 Å². The number of hydrogen-bond acceptors (Lipinski definition) is 4. The van der Waals surface area contributed by atoms with Crippen molar-refractivity contribution in [1.82, 2.24) is 24.4 Å². The number of amides is 1. The Kier molecular flexibility index (Phi) is 6.43. The van der Waals surface area contributed by atoms with E-state index in [2.05, 4.69) is 10.0 Å². The Morgan fingerprint density at radius 1 is 1.00 bits per heavy atom. The summed E-state index contributed by atoms with van der Waals surface area (Å²) < 4.78 is 29.7. The first kappa shape index (κ1) is 22.5. The first-order chi connectivity index (χ1) is 15.9. The molecule has 0 fully saturated rings. The van der Waals surface area contributed by atoms with Gasteiger partial charge in [0, 0.05) is 37.1 Å². The Bertz CT molecular complexity index is 1360. The molecule has 0 aliphatic rings. The number of aromatic nitrogens is 3. The van der Waals surface area contributed by atoms with Gasteiger partial charge in [-0.25, -0.2) is 13.1 Å². The smallest absolute Gasteiger partial charge is 0.268 e. The van der Waals surface area contributed by atoms with E-state index in [0.717, 1.165) is 22.4 Å². The predicted molar refractivity (Wildman–Crippen MR) is 126 cm³/mol. The van der Waals surface area contributed by atoms with Crippen LogP contribution in [0.3, 0.4) is 0 Å². The Morgan fingerprint density at radius 3 is 2.33 bits per heavy atom. The summed E-state index contributed by atoms with van der Waals surface area (Å²) in [5.74, 6) is -0.370. The van der Waals surface area contributed by atoms with Crippen molar-refractivity contribution in [2.24, 2.45) is 7.05 Å². The average molecular weight is 464 g/mol. The van der Waals surface area contributed by atoms with Gasteiger partial charge in [-0.05, 0) is 18.7 Å². The van der Waals surface area contributed by atoms with Gasteiger partial charge in [-0.2, -0.15) is 5.10 Å². The molecule has 0 radical (unpaired) electrons. The Morgan fingerprint density at radius 2 is 1.67 bits per heavy atom. The van der Waals surface area contributed by atoms with E-state index in [1.54, 1.807) is 7.05 Å². The van der Waals surface area contributed by atoms with Crippen LogP contribution in [-0.4, -0.2) is 35.7 Å². The predicted octanol–water partition coefficient (Wildman–Crippen LogP) is 2.78. The zero-order valence-corrected chi connectivity index (χ0v) is 19.2. The van der Waals surface area contributed by atoms with E-state index in [0.29, 0.717) is 6.54 Å². The molecular formula is C24H25N5O3S. The number of carbonyl (C=O) groups is 1. The molecule has 170 valence electrons. The van der Waals surface area contributed by atoms with Crippen LogP contribution in [-0.2, 0) is 30.2 Å². The first-order valence-electron chi connectivity index (χ1n) is 10.4. The van der Waals surface area contributed by atoms with E-state index in [-0.39, 0.29) is 23.0 Å². The van der Waals surface area contributed by atoms with E-state index < -0.39 is 10.0 Å². The number of aryl methyl sites for hydroxylation is 1. The molecule has 9 heteroatoms. The van der Waals surface area contributed by atoms with Gasteiger partial charge in [0.15, 0.2) is 0 Å². The SMILES string of the molecule is CNS(=O)(=O)c1cc(C(=O)NCc2cn(Cc3ccccc3)nc2-c2ccccc2)n(C)c1. The largest absolute Gasteiger partial charge is 0.347 e. The van der Waals surface area contributed by atoms with E-state index in [9.17, 15) is 13.2 Å². The second-order valence-electron chi connectivity index (χ2n) is 7.61. The van der Waals surface area contributed by atoms with Crippen LogP contribution in [0.2, 0.25) is 0 Å². The van der Waals surface area contributed by atoms with Gasteiger partial charge >= 0.3 is 0 Å². The molecule has 2 aromatic heterocycles. The van der Waals surface area contributed by atoms with Crippen LogP contribution in [0.4, 0.5) is 0 Å². The third-order valence-corrected chi connectivity index (χ3v) is 6.68. The number of nitrogens with one attached hydrogen (secondary N) is 2. The highest BCUT2D eigenvalue weighted by atomic mass is 32.2. The first-order valence-corrected chi connectivity index (χ1v) is 11.9. The molecule has 2 aromatic carbocycles. The molecule has 0 bridgehead atoms. The Labute approximate surface area is 192 Å². The molecule has 8 nitrogen and oxygen atoms in total. The second kappa shape index (κ2) is 9.43. The lowest BCUT2D eigenvalue weighted by Crippen LogP contribution is -2.24. The molecule has 0 spiro atoms. The molecule has 2 N–H and O–H groups in total. The number of sulfonamides is 1. The third-order valence-electron chi connectivity index (χ3n) is 5.30. The molecule has 1 amide bonds. The maximum atomic E-state index is 12.8. The summed E-state index contributed by atoms with van der Waals surface area (Å²) >= 11 is 0. The number of carbonyl (C=O) groups excluding carboxylic acids is 1. The Balaban J connectivity index is 1.58. The van der Waals surface area contributed by atoms with Crippen molar-refractivity contribution >= 4 is 15.9 Å². The summed E-state index contributed by atoms with van der Waals surface area (Å²) in [6, 6.07) is 21.2. The van der Waals surface area contributed by atoms with Crippen molar-refractivity contribution in [1.29, 1.82) is 0 Å². The molecule has 0 aliphatic heterocycles. The van der Waals surface area contributed by atoms with Crippen molar-refractivity contribution in [3.05, 3.63) is 95.9 Å². The summed E-state index contributed by atoms with van der Waals surface area (Å²) in [6.45, 7) is 0.856. The van der Waals surface area contributed by atoms with Gasteiger partial charge < -0.3 is 9.88 Å². The quantitative estimate of drug-likeness (QED) is 0.420. The fourth-order valence-electron chi connectivity index (χ4n) is 3.57. The van der Waals surface area contributed by atoms with Crippen LogP contribution < -0.4 is 10.0 Å². The van der Waals surface area contributed by atoms with E-state index in [1.807, 2.05) is 71.5 Å². The third kappa shape index (κ3) is 5.05.